The second-order valence-electron chi connectivity index (χ2n) is 12.6. The molecule has 4 heterocycles. The topological polar surface area (TPSA) is 68.5 Å². The highest BCUT2D eigenvalue weighted by molar-refractivity contribution is 5.54. The molecule has 7 nitrogen and oxygen atoms in total. The number of likely N-dealkylation sites (tertiary alicyclic amines) is 1. The SMILES string of the molecule is Cc1cc(N2CCC3(CCN(c4ccc(OC5CCN(CC6CCCCC6)CC5)nn4)CC3)C2)ccc1C#N. The molecule has 3 aliphatic heterocycles. The number of nitriles is 1. The molecule has 7 heteroatoms. The molecule has 0 unspecified atom stereocenters. The second-order valence-corrected chi connectivity index (χ2v) is 12.6. The molecule has 208 valence electrons. The molecule has 0 amide bonds. The molecule has 1 aromatic heterocycles. The molecule has 6 rings (SSSR count). The summed E-state index contributed by atoms with van der Waals surface area (Å²) >= 11 is 0. The van der Waals surface area contributed by atoms with E-state index in [9.17, 15) is 5.26 Å². The van der Waals surface area contributed by atoms with Crippen LogP contribution in [0.4, 0.5) is 11.5 Å². The third-order valence-corrected chi connectivity index (χ3v) is 9.97. The first kappa shape index (κ1) is 26.4. The fourth-order valence-corrected chi connectivity index (χ4v) is 7.40. The molecule has 2 aromatic rings. The van der Waals surface area contributed by atoms with Crippen LogP contribution in [0.2, 0.25) is 0 Å². The minimum Gasteiger partial charge on any atom is -0.473 e. The van der Waals surface area contributed by atoms with Gasteiger partial charge in [0.1, 0.15) is 6.10 Å². The van der Waals surface area contributed by atoms with Gasteiger partial charge in [-0.1, -0.05) is 19.3 Å². The number of aryl methyl sites for hydroxylation is 1. The van der Waals surface area contributed by atoms with Gasteiger partial charge in [0.25, 0.3) is 0 Å². The average Bonchev–Trinajstić information content (AvgIpc) is 3.39. The van der Waals surface area contributed by atoms with Gasteiger partial charge in [0.2, 0.25) is 5.88 Å². The van der Waals surface area contributed by atoms with Crippen molar-refractivity contribution in [1.29, 1.82) is 5.26 Å². The minimum absolute atomic E-state index is 0.257. The van der Waals surface area contributed by atoms with E-state index in [4.69, 9.17) is 4.74 Å². The Morgan fingerprint density at radius 2 is 1.64 bits per heavy atom. The first-order valence-corrected chi connectivity index (χ1v) is 15.3. The fraction of sp³-hybridized carbons (Fsp3) is 0.656. The van der Waals surface area contributed by atoms with Gasteiger partial charge in [-0.3, -0.25) is 0 Å². The maximum absolute atomic E-state index is 9.25. The van der Waals surface area contributed by atoms with E-state index in [1.165, 1.54) is 63.6 Å². The van der Waals surface area contributed by atoms with Crippen LogP contribution in [0.3, 0.4) is 0 Å². The van der Waals surface area contributed by atoms with Gasteiger partial charge in [0.15, 0.2) is 5.82 Å². The number of nitrogens with zero attached hydrogens (tertiary/aromatic N) is 6. The van der Waals surface area contributed by atoms with Crippen molar-refractivity contribution in [3.8, 4) is 11.9 Å². The van der Waals surface area contributed by atoms with Crippen LogP contribution in [-0.4, -0.2) is 67.0 Å². The predicted molar refractivity (Wildman–Crippen MR) is 155 cm³/mol. The van der Waals surface area contributed by atoms with E-state index in [1.807, 2.05) is 19.1 Å². The Labute approximate surface area is 234 Å². The largest absolute Gasteiger partial charge is 0.473 e. The number of aromatic nitrogens is 2. The lowest BCUT2D eigenvalue weighted by Crippen LogP contribution is -2.42. The molecular weight excluding hydrogens is 484 g/mol. The molecule has 0 bridgehead atoms. The summed E-state index contributed by atoms with van der Waals surface area (Å²) in [6.45, 7) is 9.84. The fourth-order valence-electron chi connectivity index (χ4n) is 7.40. The van der Waals surface area contributed by atoms with Gasteiger partial charge in [-0.05, 0) is 93.0 Å². The summed E-state index contributed by atoms with van der Waals surface area (Å²) in [4.78, 5) is 7.55. The zero-order valence-corrected chi connectivity index (χ0v) is 23.7. The Kier molecular flexibility index (Phi) is 7.92. The standard InChI is InChI=1S/C32H44N6O/c1-25-21-28(8-7-27(25)22-33)38-20-15-32(24-38)13-18-37(19-14-32)30-9-10-31(35-34-30)39-29-11-16-36(17-12-29)23-26-5-3-2-4-6-26/h7-10,21,26,29H,2-6,11-20,23-24H2,1H3. The zero-order valence-electron chi connectivity index (χ0n) is 23.7. The number of hydrogen-bond donors (Lipinski definition) is 0. The highest BCUT2D eigenvalue weighted by atomic mass is 16.5. The highest BCUT2D eigenvalue weighted by Gasteiger charge is 2.41. The van der Waals surface area contributed by atoms with Gasteiger partial charge < -0.3 is 19.4 Å². The van der Waals surface area contributed by atoms with Crippen LogP contribution in [-0.2, 0) is 0 Å². The zero-order chi connectivity index (χ0) is 26.7. The summed E-state index contributed by atoms with van der Waals surface area (Å²) in [7, 11) is 0. The van der Waals surface area contributed by atoms with E-state index in [2.05, 4.69) is 49.2 Å². The Balaban J connectivity index is 0.957. The second kappa shape index (κ2) is 11.7. The molecule has 4 aliphatic rings. The Morgan fingerprint density at radius 1 is 0.897 bits per heavy atom. The van der Waals surface area contributed by atoms with Crippen LogP contribution >= 0.6 is 0 Å². The molecular formula is C32H44N6O. The smallest absolute Gasteiger partial charge is 0.233 e. The summed E-state index contributed by atoms with van der Waals surface area (Å²) in [5.74, 6) is 2.55. The number of rotatable bonds is 6. The van der Waals surface area contributed by atoms with Gasteiger partial charge in [0, 0.05) is 57.6 Å². The Bertz CT molecular complexity index is 1140. The van der Waals surface area contributed by atoms with Crippen LogP contribution in [0.15, 0.2) is 30.3 Å². The molecule has 0 radical (unpaired) electrons. The first-order valence-electron chi connectivity index (χ1n) is 15.3. The van der Waals surface area contributed by atoms with Gasteiger partial charge in [-0.15, -0.1) is 10.2 Å². The van der Waals surface area contributed by atoms with E-state index in [-0.39, 0.29) is 6.10 Å². The summed E-state index contributed by atoms with van der Waals surface area (Å²) in [6, 6.07) is 12.6. The van der Waals surface area contributed by atoms with Crippen molar-refractivity contribution in [3.63, 3.8) is 0 Å². The van der Waals surface area contributed by atoms with Gasteiger partial charge >= 0.3 is 0 Å². The highest BCUT2D eigenvalue weighted by Crippen LogP contribution is 2.42. The minimum atomic E-state index is 0.257. The third kappa shape index (κ3) is 6.17. The van der Waals surface area contributed by atoms with Crippen molar-refractivity contribution in [2.24, 2.45) is 11.3 Å². The summed E-state index contributed by atoms with van der Waals surface area (Å²) in [5, 5.41) is 18.3. The van der Waals surface area contributed by atoms with Crippen LogP contribution in [0.25, 0.3) is 0 Å². The molecule has 1 aliphatic carbocycles. The molecule has 39 heavy (non-hydrogen) atoms. The molecule has 0 N–H and O–H groups in total. The van der Waals surface area contributed by atoms with Crippen molar-refractivity contribution in [3.05, 3.63) is 41.5 Å². The molecule has 1 aromatic carbocycles. The summed E-state index contributed by atoms with van der Waals surface area (Å²) in [5.41, 5.74) is 3.47. The number of ether oxygens (including phenoxy) is 1. The van der Waals surface area contributed by atoms with Gasteiger partial charge in [0.05, 0.1) is 11.6 Å². The molecule has 1 saturated carbocycles. The van der Waals surface area contributed by atoms with Crippen LogP contribution < -0.4 is 14.5 Å². The third-order valence-electron chi connectivity index (χ3n) is 9.97. The van der Waals surface area contributed by atoms with E-state index < -0.39 is 0 Å². The number of hydrogen-bond acceptors (Lipinski definition) is 7. The van der Waals surface area contributed by atoms with Crippen molar-refractivity contribution in [1.82, 2.24) is 15.1 Å². The van der Waals surface area contributed by atoms with Gasteiger partial charge in [-0.2, -0.15) is 5.26 Å². The van der Waals surface area contributed by atoms with Crippen molar-refractivity contribution < 1.29 is 4.74 Å². The number of piperidine rings is 2. The lowest BCUT2D eigenvalue weighted by Gasteiger charge is -2.39. The molecule has 4 fully saturated rings. The van der Waals surface area contributed by atoms with E-state index in [1.54, 1.807) is 0 Å². The quantitative estimate of drug-likeness (QED) is 0.485. The van der Waals surface area contributed by atoms with Crippen molar-refractivity contribution in [2.45, 2.75) is 77.2 Å². The molecule has 3 saturated heterocycles. The van der Waals surface area contributed by atoms with E-state index >= 15 is 0 Å². The Hall–Kier alpha value is -2.85. The van der Waals surface area contributed by atoms with Crippen molar-refractivity contribution in [2.75, 3.05) is 55.6 Å². The Morgan fingerprint density at radius 3 is 2.31 bits per heavy atom. The van der Waals surface area contributed by atoms with Crippen molar-refractivity contribution >= 4 is 11.5 Å². The maximum Gasteiger partial charge on any atom is 0.233 e. The summed E-state index contributed by atoms with van der Waals surface area (Å²) < 4.78 is 6.25. The van der Waals surface area contributed by atoms with Crippen LogP contribution in [0, 0.1) is 29.6 Å². The number of benzene rings is 1. The predicted octanol–water partition coefficient (Wildman–Crippen LogP) is 5.58. The molecule has 1 spiro atoms. The van der Waals surface area contributed by atoms with E-state index in [0.717, 1.165) is 75.0 Å². The monoisotopic (exact) mass is 528 g/mol. The molecule has 0 atom stereocenters. The van der Waals surface area contributed by atoms with Crippen LogP contribution in [0.1, 0.15) is 75.3 Å². The van der Waals surface area contributed by atoms with Gasteiger partial charge in [-0.25, -0.2) is 0 Å². The maximum atomic E-state index is 9.25. The summed E-state index contributed by atoms with van der Waals surface area (Å²) in [6.07, 6.45) is 13.2. The first-order chi connectivity index (χ1) is 19.1. The normalized spacial score (nSPS) is 22.8. The average molecular weight is 529 g/mol. The van der Waals surface area contributed by atoms with Crippen LogP contribution in [0.5, 0.6) is 5.88 Å². The lowest BCUT2D eigenvalue weighted by atomic mass is 9.78. The van der Waals surface area contributed by atoms with E-state index in [0.29, 0.717) is 11.3 Å². The lowest BCUT2D eigenvalue weighted by molar-refractivity contribution is 0.0827. The number of anilines is 2.